The van der Waals surface area contributed by atoms with Gasteiger partial charge in [0.1, 0.15) is 24.7 Å². The van der Waals surface area contributed by atoms with E-state index in [4.69, 9.17) is 19.3 Å². The lowest BCUT2D eigenvalue weighted by Crippen LogP contribution is -2.29. The predicted molar refractivity (Wildman–Crippen MR) is 188 cm³/mol. The van der Waals surface area contributed by atoms with E-state index >= 15 is 0 Å². The smallest absolute Gasteiger partial charge is 0.414 e. The van der Waals surface area contributed by atoms with Crippen molar-refractivity contribution >= 4 is 29.6 Å². The Bertz CT molecular complexity index is 1610. The van der Waals surface area contributed by atoms with E-state index in [-0.39, 0.29) is 12.6 Å². The van der Waals surface area contributed by atoms with Crippen molar-refractivity contribution < 1.29 is 38.5 Å². The molecule has 49 heavy (non-hydrogen) atoms. The first-order valence-electron chi connectivity index (χ1n) is 16.2. The van der Waals surface area contributed by atoms with Gasteiger partial charge in [-0.25, -0.2) is 9.59 Å². The van der Waals surface area contributed by atoms with E-state index in [1.54, 1.807) is 43.4 Å². The normalized spacial score (nSPS) is 10.2. The van der Waals surface area contributed by atoms with Crippen molar-refractivity contribution in [2.45, 2.75) is 52.6 Å². The zero-order valence-electron chi connectivity index (χ0n) is 28.2. The van der Waals surface area contributed by atoms with Crippen LogP contribution in [0.15, 0.2) is 103 Å². The zero-order chi connectivity index (χ0) is 35.4. The molecule has 2 amide bonds. The maximum Gasteiger partial charge on any atom is 0.414 e. The number of aliphatic carboxylic acids is 1. The number of esters is 1. The highest BCUT2D eigenvalue weighted by molar-refractivity contribution is 5.96. The highest BCUT2D eigenvalue weighted by Crippen LogP contribution is 2.18. The minimum Gasteiger partial charge on any atom is -0.494 e. The zero-order valence-corrected chi connectivity index (χ0v) is 28.2. The van der Waals surface area contributed by atoms with E-state index in [1.807, 2.05) is 61.5 Å². The number of hydrogen-bond donors (Lipinski definition) is 2. The van der Waals surface area contributed by atoms with Crippen LogP contribution >= 0.6 is 0 Å². The number of carbonyl (C=O) groups is 4. The number of ether oxygens (including phenoxy) is 3. The Kier molecular flexibility index (Phi) is 15.9. The number of nitrogens with one attached hydrogen (secondary N) is 1. The van der Waals surface area contributed by atoms with Gasteiger partial charge in [-0.1, -0.05) is 80.6 Å². The topological polar surface area (TPSA) is 131 Å². The molecule has 0 aliphatic heterocycles. The maximum atomic E-state index is 12.1. The Morgan fingerprint density at radius 2 is 1.35 bits per heavy atom. The molecule has 0 fully saturated rings. The standard InChI is InChI=1S/C21H26O3.C18H18N2O5/c1-3-4-5-6-7-16-23-19-14-10-18(11-15-19)21(22)24-20-12-8-17(2)9-13-20;1-20(18(24)25-12-13-5-3-2-4-6-13)15-9-7-14(8-10-15)17(23)19-11-16(21)22/h8-15H,3-7,16H2,1-2H3;2-10H,11-12H2,1H3,(H,19,23)(H,21,22). The van der Waals surface area contributed by atoms with E-state index in [2.05, 4.69) is 12.2 Å². The summed E-state index contributed by atoms with van der Waals surface area (Å²) in [4.78, 5) is 47.7. The molecule has 0 atom stereocenters. The van der Waals surface area contributed by atoms with Crippen molar-refractivity contribution in [2.24, 2.45) is 0 Å². The Morgan fingerprint density at radius 1 is 0.735 bits per heavy atom. The number of anilines is 1. The number of unbranched alkanes of at least 4 members (excludes halogenated alkanes) is 4. The Hall–Kier alpha value is -5.64. The van der Waals surface area contributed by atoms with Gasteiger partial charge in [0.25, 0.3) is 5.91 Å². The second-order valence-electron chi connectivity index (χ2n) is 11.2. The van der Waals surface area contributed by atoms with Crippen molar-refractivity contribution in [2.75, 3.05) is 25.1 Å². The summed E-state index contributed by atoms with van der Waals surface area (Å²) >= 11 is 0. The summed E-state index contributed by atoms with van der Waals surface area (Å²) in [5, 5.41) is 10.8. The first kappa shape index (κ1) is 37.8. The Morgan fingerprint density at radius 3 is 1.98 bits per heavy atom. The van der Waals surface area contributed by atoms with Crippen LogP contribution in [0.3, 0.4) is 0 Å². The highest BCUT2D eigenvalue weighted by atomic mass is 16.6. The number of benzene rings is 4. The maximum absolute atomic E-state index is 12.1. The minimum absolute atomic E-state index is 0.166. The molecule has 0 aromatic heterocycles. The molecular weight excluding hydrogens is 624 g/mol. The summed E-state index contributed by atoms with van der Waals surface area (Å²) in [6.45, 7) is 4.64. The van der Waals surface area contributed by atoms with Crippen molar-refractivity contribution in [1.82, 2.24) is 5.32 Å². The summed E-state index contributed by atoms with van der Waals surface area (Å²) in [6, 6.07) is 30.0. The summed E-state index contributed by atoms with van der Waals surface area (Å²) in [5.41, 5.74) is 3.38. The number of hydrogen-bond acceptors (Lipinski definition) is 7. The number of rotatable bonds is 15. The van der Waals surface area contributed by atoms with Gasteiger partial charge in [0.05, 0.1) is 12.2 Å². The van der Waals surface area contributed by atoms with E-state index in [9.17, 15) is 19.2 Å². The first-order valence-corrected chi connectivity index (χ1v) is 16.2. The molecule has 0 unspecified atom stereocenters. The lowest BCUT2D eigenvalue weighted by Gasteiger charge is -2.17. The van der Waals surface area contributed by atoms with E-state index in [0.717, 1.165) is 29.9 Å². The highest BCUT2D eigenvalue weighted by Gasteiger charge is 2.14. The largest absolute Gasteiger partial charge is 0.494 e. The molecule has 258 valence electrons. The van der Waals surface area contributed by atoms with Crippen molar-refractivity contribution in [3.63, 3.8) is 0 Å². The van der Waals surface area contributed by atoms with Crippen LogP contribution in [0.1, 0.15) is 70.9 Å². The Balaban J connectivity index is 0.000000266. The van der Waals surface area contributed by atoms with E-state index < -0.39 is 24.5 Å². The summed E-state index contributed by atoms with van der Waals surface area (Å²) in [7, 11) is 1.56. The lowest BCUT2D eigenvalue weighted by molar-refractivity contribution is -0.135. The van der Waals surface area contributed by atoms with Crippen LogP contribution in [0.25, 0.3) is 0 Å². The van der Waals surface area contributed by atoms with Gasteiger partial charge in [0.15, 0.2) is 0 Å². The predicted octanol–water partition coefficient (Wildman–Crippen LogP) is 7.84. The quantitative estimate of drug-likeness (QED) is 0.0744. The average molecular weight is 669 g/mol. The van der Waals surface area contributed by atoms with Crippen LogP contribution in [0, 0.1) is 6.92 Å². The van der Waals surface area contributed by atoms with Gasteiger partial charge in [0, 0.05) is 18.3 Å². The molecular formula is C39H44N2O8. The molecule has 0 radical (unpaired) electrons. The number of aryl methyl sites for hydroxylation is 1. The molecule has 0 heterocycles. The second kappa shape index (κ2) is 20.6. The molecule has 4 aromatic rings. The third kappa shape index (κ3) is 13.9. The molecule has 10 nitrogen and oxygen atoms in total. The van der Waals surface area contributed by atoms with Crippen LogP contribution < -0.4 is 19.7 Å². The average Bonchev–Trinajstić information content (AvgIpc) is 3.12. The van der Waals surface area contributed by atoms with E-state index in [0.29, 0.717) is 22.6 Å². The third-order valence-electron chi connectivity index (χ3n) is 7.23. The number of carboxylic acids is 1. The van der Waals surface area contributed by atoms with Gasteiger partial charge in [-0.15, -0.1) is 0 Å². The number of carbonyl (C=O) groups excluding carboxylic acids is 3. The van der Waals surface area contributed by atoms with Crippen molar-refractivity contribution in [3.05, 3.63) is 125 Å². The molecule has 0 aliphatic rings. The summed E-state index contributed by atoms with van der Waals surface area (Å²) < 4.78 is 16.3. The fourth-order valence-corrected chi connectivity index (χ4v) is 4.37. The summed E-state index contributed by atoms with van der Waals surface area (Å²) in [5.74, 6) is -0.630. The third-order valence-corrected chi connectivity index (χ3v) is 7.23. The fraction of sp³-hybridized carbons (Fsp3) is 0.282. The number of carboxylic acid groups (broad SMARTS) is 1. The van der Waals surface area contributed by atoms with Gasteiger partial charge in [-0.2, -0.15) is 0 Å². The molecule has 4 aromatic carbocycles. The van der Waals surface area contributed by atoms with Crippen molar-refractivity contribution in [3.8, 4) is 11.5 Å². The van der Waals surface area contributed by atoms with Gasteiger partial charge < -0.3 is 24.6 Å². The molecule has 0 aliphatic carbocycles. The second-order valence-corrected chi connectivity index (χ2v) is 11.2. The molecule has 10 heteroatoms. The van der Waals surface area contributed by atoms with Gasteiger partial charge >= 0.3 is 18.0 Å². The molecule has 0 saturated heterocycles. The van der Waals surface area contributed by atoms with Gasteiger partial charge in [0.2, 0.25) is 0 Å². The molecule has 0 bridgehead atoms. The van der Waals surface area contributed by atoms with Crippen LogP contribution in [-0.2, 0) is 16.1 Å². The SMILES string of the molecule is CCCCCCCOc1ccc(C(=O)Oc2ccc(C)cc2)cc1.CN(C(=O)OCc1ccccc1)c1ccc(C(=O)NCC(=O)O)cc1. The summed E-state index contributed by atoms with van der Waals surface area (Å²) in [6.07, 6.45) is 5.56. The van der Waals surface area contributed by atoms with Gasteiger partial charge in [-0.3, -0.25) is 14.5 Å². The molecule has 0 saturated carbocycles. The number of amides is 2. The molecule has 2 N–H and O–H groups in total. The van der Waals surface area contributed by atoms with Crippen LogP contribution in [-0.4, -0.2) is 49.2 Å². The molecule has 0 spiro atoms. The Labute approximate surface area is 287 Å². The van der Waals surface area contributed by atoms with Crippen molar-refractivity contribution in [1.29, 1.82) is 0 Å². The van der Waals surface area contributed by atoms with Crippen LogP contribution in [0.5, 0.6) is 11.5 Å². The minimum atomic E-state index is -1.12. The first-order chi connectivity index (χ1) is 23.7. The van der Waals surface area contributed by atoms with E-state index in [1.165, 1.54) is 42.7 Å². The fourth-order valence-electron chi connectivity index (χ4n) is 4.37. The van der Waals surface area contributed by atoms with Gasteiger partial charge in [-0.05, 0) is 79.6 Å². The monoisotopic (exact) mass is 668 g/mol. The van der Waals surface area contributed by atoms with Crippen LogP contribution in [0.2, 0.25) is 0 Å². The van der Waals surface area contributed by atoms with Crippen LogP contribution in [0.4, 0.5) is 10.5 Å². The molecule has 4 rings (SSSR count). The number of nitrogens with zero attached hydrogens (tertiary/aromatic N) is 1. The lowest BCUT2D eigenvalue weighted by atomic mass is 10.2.